The molecule has 0 saturated heterocycles. The van der Waals surface area contributed by atoms with E-state index in [-0.39, 0.29) is 5.56 Å². The van der Waals surface area contributed by atoms with E-state index in [4.69, 9.17) is 0 Å². The predicted molar refractivity (Wildman–Crippen MR) is 97.8 cm³/mol. The summed E-state index contributed by atoms with van der Waals surface area (Å²) >= 11 is 0. The van der Waals surface area contributed by atoms with Crippen molar-refractivity contribution in [2.24, 2.45) is 0 Å². The Morgan fingerprint density at radius 2 is 1.04 bits per heavy atom. The van der Waals surface area contributed by atoms with Crippen molar-refractivity contribution in [3.05, 3.63) is 93.8 Å². The van der Waals surface area contributed by atoms with E-state index in [9.17, 15) is 9.59 Å². The maximum Gasteiger partial charge on any atom is 0.325 e. The third kappa shape index (κ3) is 2.44. The number of nitrogens with one attached hydrogen (secondary N) is 2. The van der Waals surface area contributed by atoms with E-state index in [0.717, 1.165) is 0 Å². The van der Waals surface area contributed by atoms with Gasteiger partial charge < -0.3 is 4.98 Å². The fraction of sp³-hybridized carbons (Fsp3) is 0. The molecular formula is C20H14N2O2. The molecule has 0 aliphatic carbocycles. The molecule has 4 aromatic carbocycles. The summed E-state index contributed by atoms with van der Waals surface area (Å²) in [6.07, 6.45) is 1.29. The molecule has 0 aliphatic heterocycles. The molecule has 0 bridgehead atoms. The van der Waals surface area contributed by atoms with Gasteiger partial charge in [-0.15, -0.1) is 0 Å². The molecular weight excluding hydrogens is 300 g/mol. The van der Waals surface area contributed by atoms with Gasteiger partial charge in [0.15, 0.2) is 0 Å². The van der Waals surface area contributed by atoms with E-state index in [2.05, 4.69) is 65.6 Å². The molecule has 5 rings (SSSR count). The summed E-state index contributed by atoms with van der Waals surface area (Å²) in [5.74, 6) is 0. The van der Waals surface area contributed by atoms with Gasteiger partial charge in [-0.1, -0.05) is 60.7 Å². The average Bonchev–Trinajstić information content (AvgIpc) is 2.60. The Balaban J connectivity index is 0.000000155. The number of hydrogen-bond acceptors (Lipinski definition) is 2. The second-order valence-corrected chi connectivity index (χ2v) is 5.59. The molecule has 5 aromatic rings. The van der Waals surface area contributed by atoms with E-state index in [0.29, 0.717) is 0 Å². The lowest BCUT2D eigenvalue weighted by molar-refractivity contribution is 1.04. The normalized spacial score (nSPS) is 10.8. The second-order valence-electron chi connectivity index (χ2n) is 5.59. The Morgan fingerprint density at radius 3 is 1.38 bits per heavy atom. The number of hydrogen-bond donors (Lipinski definition) is 2. The van der Waals surface area contributed by atoms with Crippen molar-refractivity contribution in [2.45, 2.75) is 0 Å². The summed E-state index contributed by atoms with van der Waals surface area (Å²) in [5.41, 5.74) is -0.855. The molecule has 0 amide bonds. The van der Waals surface area contributed by atoms with Crippen molar-refractivity contribution in [1.82, 2.24) is 9.97 Å². The lowest BCUT2D eigenvalue weighted by Crippen LogP contribution is -2.19. The van der Waals surface area contributed by atoms with Crippen LogP contribution in [0.2, 0.25) is 0 Å². The molecule has 4 nitrogen and oxygen atoms in total. The standard InChI is InChI=1S/C16H10.C4H4N2O2/c1-3-11-7-9-13-5-2-6-14-10-8-12(4-1)15(11)16(13)14;7-3-1-2-5-4(8)6-3/h1-10H;1-2H,(H2,5,6,7,8). The fourth-order valence-corrected chi connectivity index (χ4v) is 3.05. The summed E-state index contributed by atoms with van der Waals surface area (Å²) < 4.78 is 0. The summed E-state index contributed by atoms with van der Waals surface area (Å²) in [7, 11) is 0. The number of H-pyrrole nitrogens is 2. The van der Waals surface area contributed by atoms with Gasteiger partial charge in [-0.05, 0) is 32.3 Å². The van der Waals surface area contributed by atoms with Crippen LogP contribution in [0.5, 0.6) is 0 Å². The topological polar surface area (TPSA) is 65.7 Å². The second kappa shape index (κ2) is 5.66. The van der Waals surface area contributed by atoms with Gasteiger partial charge in [0.25, 0.3) is 5.56 Å². The Labute approximate surface area is 136 Å². The monoisotopic (exact) mass is 314 g/mol. The molecule has 0 unspecified atom stereocenters. The van der Waals surface area contributed by atoms with E-state index < -0.39 is 5.69 Å². The van der Waals surface area contributed by atoms with Crippen LogP contribution in [-0.2, 0) is 0 Å². The molecule has 0 radical (unpaired) electrons. The first kappa shape index (κ1) is 14.2. The van der Waals surface area contributed by atoms with Crippen LogP contribution in [0.25, 0.3) is 32.3 Å². The first-order valence-corrected chi connectivity index (χ1v) is 7.63. The zero-order chi connectivity index (χ0) is 16.5. The largest absolute Gasteiger partial charge is 0.325 e. The number of aromatic amines is 2. The van der Waals surface area contributed by atoms with Gasteiger partial charge in [-0.2, -0.15) is 0 Å². The van der Waals surface area contributed by atoms with Crippen LogP contribution < -0.4 is 11.2 Å². The predicted octanol–water partition coefficient (Wildman–Crippen LogP) is 3.65. The highest BCUT2D eigenvalue weighted by molar-refractivity contribution is 6.22. The molecule has 4 heteroatoms. The first-order valence-electron chi connectivity index (χ1n) is 7.63. The molecule has 0 saturated carbocycles. The first-order chi connectivity index (χ1) is 11.7. The van der Waals surface area contributed by atoms with Gasteiger partial charge in [0.05, 0.1) is 0 Å². The van der Waals surface area contributed by atoms with Gasteiger partial charge in [0.1, 0.15) is 0 Å². The van der Waals surface area contributed by atoms with Crippen LogP contribution in [0.15, 0.2) is 82.5 Å². The van der Waals surface area contributed by atoms with E-state index >= 15 is 0 Å². The molecule has 1 aromatic heterocycles. The van der Waals surface area contributed by atoms with Crippen LogP contribution in [0.3, 0.4) is 0 Å². The Morgan fingerprint density at radius 1 is 0.583 bits per heavy atom. The van der Waals surface area contributed by atoms with Crippen molar-refractivity contribution >= 4 is 32.3 Å². The highest BCUT2D eigenvalue weighted by Crippen LogP contribution is 2.33. The molecule has 0 fully saturated rings. The van der Waals surface area contributed by atoms with Gasteiger partial charge in [0, 0.05) is 12.3 Å². The highest BCUT2D eigenvalue weighted by atomic mass is 16.2. The average molecular weight is 314 g/mol. The SMILES string of the molecule is O=c1cc[nH]c(=O)[nH]1.c1cc2ccc3cccc4ccc(c1)c2c34. The molecule has 116 valence electrons. The van der Waals surface area contributed by atoms with Crippen molar-refractivity contribution in [2.75, 3.05) is 0 Å². The van der Waals surface area contributed by atoms with Crippen LogP contribution in [0.4, 0.5) is 0 Å². The van der Waals surface area contributed by atoms with Crippen molar-refractivity contribution in [1.29, 1.82) is 0 Å². The summed E-state index contributed by atoms with van der Waals surface area (Å²) in [6, 6.07) is 23.1. The Kier molecular flexibility index (Phi) is 3.35. The third-order valence-electron chi connectivity index (χ3n) is 4.08. The minimum absolute atomic E-state index is 0.381. The van der Waals surface area contributed by atoms with Crippen molar-refractivity contribution in [3.8, 4) is 0 Å². The quantitative estimate of drug-likeness (QED) is 0.428. The van der Waals surface area contributed by atoms with Crippen LogP contribution in [0, 0.1) is 0 Å². The molecule has 24 heavy (non-hydrogen) atoms. The minimum atomic E-state index is -0.475. The van der Waals surface area contributed by atoms with Gasteiger partial charge in [-0.25, -0.2) is 4.79 Å². The summed E-state index contributed by atoms with van der Waals surface area (Å²) in [5, 5.41) is 8.14. The molecule has 2 N–H and O–H groups in total. The smallest absolute Gasteiger partial charge is 0.314 e. The molecule has 1 heterocycles. The number of aromatic nitrogens is 2. The van der Waals surface area contributed by atoms with Crippen molar-refractivity contribution < 1.29 is 0 Å². The molecule has 0 atom stereocenters. The van der Waals surface area contributed by atoms with E-state index in [1.54, 1.807) is 0 Å². The Hall–Kier alpha value is -3.40. The van der Waals surface area contributed by atoms with E-state index in [1.807, 2.05) is 4.98 Å². The summed E-state index contributed by atoms with van der Waals surface area (Å²) in [4.78, 5) is 24.7. The van der Waals surface area contributed by atoms with Crippen molar-refractivity contribution in [3.63, 3.8) is 0 Å². The minimum Gasteiger partial charge on any atom is -0.314 e. The van der Waals surface area contributed by atoms with Crippen LogP contribution >= 0.6 is 0 Å². The lowest BCUT2D eigenvalue weighted by Gasteiger charge is -2.09. The maximum absolute atomic E-state index is 10.2. The van der Waals surface area contributed by atoms with Gasteiger partial charge in [0.2, 0.25) is 0 Å². The third-order valence-corrected chi connectivity index (χ3v) is 4.08. The van der Waals surface area contributed by atoms with Crippen LogP contribution in [-0.4, -0.2) is 9.97 Å². The fourth-order valence-electron chi connectivity index (χ4n) is 3.05. The van der Waals surface area contributed by atoms with Gasteiger partial charge >= 0.3 is 5.69 Å². The Bertz CT molecular complexity index is 1100. The number of rotatable bonds is 0. The van der Waals surface area contributed by atoms with Crippen LogP contribution in [0.1, 0.15) is 0 Å². The zero-order valence-corrected chi connectivity index (χ0v) is 12.7. The van der Waals surface area contributed by atoms with Gasteiger partial charge in [-0.3, -0.25) is 9.78 Å². The lowest BCUT2D eigenvalue weighted by atomic mass is 9.95. The van der Waals surface area contributed by atoms with E-state index in [1.165, 1.54) is 44.6 Å². The molecule has 0 spiro atoms. The summed E-state index contributed by atoms with van der Waals surface area (Å²) in [6.45, 7) is 0. The molecule has 0 aliphatic rings. The number of benzene rings is 4. The zero-order valence-electron chi connectivity index (χ0n) is 12.7. The highest BCUT2D eigenvalue weighted by Gasteiger charge is 2.05. The maximum atomic E-state index is 10.2.